The van der Waals surface area contributed by atoms with Crippen LogP contribution in [0.2, 0.25) is 0 Å². The fourth-order valence-electron chi connectivity index (χ4n) is 5.78. The number of anilines is 5. The number of hydrogen-bond acceptors (Lipinski definition) is 2. The topological polar surface area (TPSA) is 6.48 Å². The Morgan fingerprint density at radius 2 is 1.27 bits per heavy atom. The summed E-state index contributed by atoms with van der Waals surface area (Å²) in [7, 11) is 0. The van der Waals surface area contributed by atoms with E-state index < -0.39 is 0 Å². The van der Waals surface area contributed by atoms with Crippen molar-refractivity contribution in [2.45, 2.75) is 18.9 Å². The van der Waals surface area contributed by atoms with Crippen LogP contribution >= 0.6 is 0 Å². The van der Waals surface area contributed by atoms with Crippen molar-refractivity contribution < 1.29 is 0 Å². The normalized spacial score (nSPS) is 15.9. The maximum Gasteiger partial charge on any atom is 0.0540 e. The number of para-hydroxylation sites is 2. The highest BCUT2D eigenvalue weighted by Crippen LogP contribution is 2.51. The third-order valence-corrected chi connectivity index (χ3v) is 7.16. The minimum Gasteiger partial charge on any atom is -0.337 e. The lowest BCUT2D eigenvalue weighted by molar-refractivity contribution is 0.725. The van der Waals surface area contributed by atoms with Gasteiger partial charge in [-0.05, 0) is 60.2 Å². The van der Waals surface area contributed by atoms with Crippen molar-refractivity contribution in [2.24, 2.45) is 0 Å². The van der Waals surface area contributed by atoms with E-state index in [0.717, 1.165) is 12.8 Å². The van der Waals surface area contributed by atoms with Gasteiger partial charge in [-0.2, -0.15) is 0 Å². The second kappa shape index (κ2) is 7.25. The average Bonchev–Trinajstić information content (AvgIpc) is 3.42. The molecule has 0 saturated heterocycles. The van der Waals surface area contributed by atoms with Crippen molar-refractivity contribution in [1.82, 2.24) is 0 Å². The highest BCUT2D eigenvalue weighted by molar-refractivity contribution is 6.00. The second-order valence-electron chi connectivity index (χ2n) is 9.00. The van der Waals surface area contributed by atoms with Crippen LogP contribution in [0.25, 0.3) is 10.8 Å². The minimum absolute atomic E-state index is 0.503. The molecule has 33 heavy (non-hydrogen) atoms. The summed E-state index contributed by atoms with van der Waals surface area (Å²) in [6.07, 6.45) is 2.18. The summed E-state index contributed by atoms with van der Waals surface area (Å²) < 4.78 is 0. The van der Waals surface area contributed by atoms with Crippen molar-refractivity contribution >= 4 is 39.2 Å². The highest BCUT2D eigenvalue weighted by Gasteiger charge is 2.38. The van der Waals surface area contributed by atoms with E-state index in [9.17, 15) is 0 Å². The molecular weight excluding hydrogens is 400 g/mol. The summed E-state index contributed by atoms with van der Waals surface area (Å²) in [5, 5.41) is 2.53. The molecule has 0 radical (unpaired) electrons. The fraction of sp³-hybridized carbons (Fsp3) is 0.0968. The van der Waals surface area contributed by atoms with E-state index in [2.05, 4.69) is 125 Å². The lowest BCUT2D eigenvalue weighted by Gasteiger charge is -2.29. The van der Waals surface area contributed by atoms with E-state index in [1.807, 2.05) is 0 Å². The fourth-order valence-corrected chi connectivity index (χ4v) is 5.78. The predicted molar refractivity (Wildman–Crippen MR) is 138 cm³/mol. The van der Waals surface area contributed by atoms with Crippen molar-refractivity contribution in [3.63, 3.8) is 0 Å². The SMILES string of the molecule is c1ccc(N(c2cccc3c2CC2Cc4ccccc4N32)c2cccc3ccccc23)cc1. The zero-order chi connectivity index (χ0) is 21.8. The number of benzene rings is 5. The van der Waals surface area contributed by atoms with Crippen molar-refractivity contribution in [1.29, 1.82) is 0 Å². The molecule has 0 spiro atoms. The number of hydrogen-bond donors (Lipinski definition) is 0. The van der Waals surface area contributed by atoms with Gasteiger partial charge in [-0.15, -0.1) is 0 Å². The smallest absolute Gasteiger partial charge is 0.0540 e. The Morgan fingerprint density at radius 1 is 0.576 bits per heavy atom. The van der Waals surface area contributed by atoms with E-state index >= 15 is 0 Å². The Kier molecular flexibility index (Phi) is 4.07. The average molecular weight is 425 g/mol. The molecule has 2 heterocycles. The Bertz CT molecular complexity index is 1480. The molecule has 5 aromatic carbocycles. The third-order valence-electron chi connectivity index (χ3n) is 7.16. The van der Waals surface area contributed by atoms with E-state index in [-0.39, 0.29) is 0 Å². The molecule has 2 aliphatic heterocycles. The van der Waals surface area contributed by atoms with Gasteiger partial charge in [0.05, 0.1) is 11.4 Å². The highest BCUT2D eigenvalue weighted by atomic mass is 15.2. The summed E-state index contributed by atoms with van der Waals surface area (Å²) in [4.78, 5) is 5.02. The lowest BCUT2D eigenvalue weighted by atomic mass is 10.0. The summed E-state index contributed by atoms with van der Waals surface area (Å²) in [5.41, 5.74) is 9.32. The van der Waals surface area contributed by atoms with Crippen LogP contribution in [0.3, 0.4) is 0 Å². The molecule has 2 aliphatic rings. The van der Waals surface area contributed by atoms with Crippen LogP contribution in [0.4, 0.5) is 28.4 Å². The number of rotatable bonds is 3. The van der Waals surface area contributed by atoms with Crippen molar-refractivity contribution in [3.05, 3.63) is 126 Å². The molecule has 0 fully saturated rings. The molecular formula is C31H24N2. The molecule has 2 heteroatoms. The van der Waals surface area contributed by atoms with Crippen LogP contribution in [0.1, 0.15) is 11.1 Å². The Balaban J connectivity index is 1.46. The molecule has 0 aromatic heterocycles. The monoisotopic (exact) mass is 424 g/mol. The zero-order valence-corrected chi connectivity index (χ0v) is 18.4. The molecule has 2 nitrogen and oxygen atoms in total. The first-order chi connectivity index (χ1) is 16.4. The standard InChI is InChI=1S/C31H24N2/c1-2-13-24(14-3-1)32(29-17-8-12-22-10-4-6-15-26(22)29)30-18-9-19-31-27(30)21-25-20-23-11-5-7-16-28(23)33(25)31/h1-19,25H,20-21H2. The molecule has 0 N–H and O–H groups in total. The summed E-state index contributed by atoms with van der Waals surface area (Å²) >= 11 is 0. The second-order valence-corrected chi connectivity index (χ2v) is 9.00. The van der Waals surface area contributed by atoms with Gasteiger partial charge in [-0.3, -0.25) is 0 Å². The van der Waals surface area contributed by atoms with E-state index in [0.29, 0.717) is 6.04 Å². The van der Waals surface area contributed by atoms with Crippen LogP contribution in [0.5, 0.6) is 0 Å². The predicted octanol–water partition coefficient (Wildman–Crippen LogP) is 7.93. The Hall–Kier alpha value is -4.04. The third kappa shape index (κ3) is 2.81. The summed E-state index contributed by atoms with van der Waals surface area (Å²) in [6.45, 7) is 0. The first-order valence-electron chi connectivity index (χ1n) is 11.7. The van der Waals surface area contributed by atoms with Crippen molar-refractivity contribution in [2.75, 3.05) is 9.80 Å². The van der Waals surface area contributed by atoms with Gasteiger partial charge in [-0.1, -0.05) is 78.9 Å². The maximum absolute atomic E-state index is 2.57. The van der Waals surface area contributed by atoms with E-state index in [4.69, 9.17) is 0 Å². The van der Waals surface area contributed by atoms with Crippen LogP contribution in [-0.2, 0) is 12.8 Å². The zero-order valence-electron chi connectivity index (χ0n) is 18.4. The van der Waals surface area contributed by atoms with Gasteiger partial charge in [0.2, 0.25) is 0 Å². The molecule has 0 aliphatic carbocycles. The molecule has 0 saturated carbocycles. The van der Waals surface area contributed by atoms with Gasteiger partial charge in [-0.25, -0.2) is 0 Å². The molecule has 1 unspecified atom stereocenters. The molecule has 5 aromatic rings. The quantitative estimate of drug-likeness (QED) is 0.290. The summed E-state index contributed by atoms with van der Waals surface area (Å²) in [6, 6.07) is 42.3. The molecule has 1 atom stereocenters. The van der Waals surface area contributed by atoms with Gasteiger partial charge >= 0.3 is 0 Å². The maximum atomic E-state index is 2.57. The summed E-state index contributed by atoms with van der Waals surface area (Å²) in [5.74, 6) is 0. The molecule has 158 valence electrons. The Morgan fingerprint density at radius 3 is 2.21 bits per heavy atom. The molecule has 7 rings (SSSR count). The van der Waals surface area contributed by atoms with Gasteiger partial charge in [0, 0.05) is 34.1 Å². The van der Waals surface area contributed by atoms with Crippen LogP contribution in [0.15, 0.2) is 115 Å². The van der Waals surface area contributed by atoms with Gasteiger partial charge in [0.15, 0.2) is 0 Å². The first kappa shape index (κ1) is 18.5. The van der Waals surface area contributed by atoms with Gasteiger partial charge in [0.25, 0.3) is 0 Å². The van der Waals surface area contributed by atoms with Gasteiger partial charge in [0.1, 0.15) is 0 Å². The van der Waals surface area contributed by atoms with Crippen LogP contribution in [0, 0.1) is 0 Å². The minimum atomic E-state index is 0.503. The first-order valence-corrected chi connectivity index (χ1v) is 11.7. The Labute approximate surface area is 194 Å². The number of nitrogens with zero attached hydrogens (tertiary/aromatic N) is 2. The van der Waals surface area contributed by atoms with Crippen LogP contribution < -0.4 is 9.80 Å². The largest absolute Gasteiger partial charge is 0.337 e. The van der Waals surface area contributed by atoms with Crippen molar-refractivity contribution in [3.8, 4) is 0 Å². The van der Waals surface area contributed by atoms with Gasteiger partial charge < -0.3 is 9.80 Å². The van der Waals surface area contributed by atoms with E-state index in [1.54, 1.807) is 0 Å². The number of fused-ring (bicyclic) bond motifs is 6. The van der Waals surface area contributed by atoms with Crippen LogP contribution in [-0.4, -0.2) is 6.04 Å². The van der Waals surface area contributed by atoms with E-state index in [1.165, 1.54) is 50.3 Å². The molecule has 0 amide bonds. The lowest BCUT2D eigenvalue weighted by Crippen LogP contribution is -2.22. The molecule has 0 bridgehead atoms.